The maximum absolute atomic E-state index is 13.5. The molecule has 0 radical (unpaired) electrons. The van der Waals surface area contributed by atoms with E-state index in [-0.39, 0.29) is 17.4 Å². The normalized spacial score (nSPS) is 13.7. The zero-order chi connectivity index (χ0) is 28.5. The summed E-state index contributed by atoms with van der Waals surface area (Å²) in [4.78, 5) is 27.0. The van der Waals surface area contributed by atoms with Crippen LogP contribution >= 0.6 is 0 Å². The van der Waals surface area contributed by atoms with E-state index in [9.17, 15) is 18.0 Å². The largest absolute Gasteiger partial charge is 0.484 e. The summed E-state index contributed by atoms with van der Waals surface area (Å²) in [7, 11) is -4.01. The van der Waals surface area contributed by atoms with Gasteiger partial charge in [-0.3, -0.25) is 13.9 Å². The summed E-state index contributed by atoms with van der Waals surface area (Å²) in [5, 5.41) is 4.00. The fourth-order valence-corrected chi connectivity index (χ4v) is 5.90. The SMILES string of the molecule is Cc1cccc(N(CC(=O)N/N=C\c2ccc(OCC(=O)N3CCCCC3)cc2)S(=O)(=O)c2ccccc2)c1C. The maximum atomic E-state index is 13.5. The molecule has 0 aliphatic carbocycles. The van der Waals surface area contributed by atoms with Crippen LogP contribution in [0.1, 0.15) is 36.0 Å². The van der Waals surface area contributed by atoms with Crippen molar-refractivity contribution in [3.63, 3.8) is 0 Å². The first-order chi connectivity index (χ1) is 19.3. The number of sulfonamides is 1. The number of likely N-dealkylation sites (tertiary alicyclic amines) is 1. The number of benzene rings is 3. The van der Waals surface area contributed by atoms with Crippen molar-refractivity contribution in [2.45, 2.75) is 38.0 Å². The van der Waals surface area contributed by atoms with Crippen LogP contribution in [0.3, 0.4) is 0 Å². The number of nitrogens with zero attached hydrogens (tertiary/aromatic N) is 3. The van der Waals surface area contributed by atoms with Crippen molar-refractivity contribution in [1.82, 2.24) is 10.3 Å². The first-order valence-electron chi connectivity index (χ1n) is 13.2. The molecule has 1 N–H and O–H groups in total. The van der Waals surface area contributed by atoms with Gasteiger partial charge in [0.1, 0.15) is 12.3 Å². The molecule has 0 unspecified atom stereocenters. The number of ether oxygens (including phenoxy) is 1. The molecule has 10 heteroatoms. The minimum Gasteiger partial charge on any atom is -0.484 e. The number of hydrazone groups is 1. The van der Waals surface area contributed by atoms with Gasteiger partial charge in [0.2, 0.25) is 0 Å². The molecule has 1 aliphatic heterocycles. The Morgan fingerprint density at radius 2 is 1.65 bits per heavy atom. The molecule has 0 aromatic heterocycles. The lowest BCUT2D eigenvalue weighted by Crippen LogP contribution is -2.40. The van der Waals surface area contributed by atoms with Gasteiger partial charge >= 0.3 is 0 Å². The van der Waals surface area contributed by atoms with Gasteiger partial charge < -0.3 is 9.64 Å². The van der Waals surface area contributed by atoms with Gasteiger partial charge in [-0.15, -0.1) is 0 Å². The molecule has 1 saturated heterocycles. The number of amides is 2. The van der Waals surface area contributed by atoms with Crippen LogP contribution in [0, 0.1) is 13.8 Å². The summed E-state index contributed by atoms with van der Waals surface area (Å²) in [6, 6.07) is 20.3. The van der Waals surface area contributed by atoms with Crippen molar-refractivity contribution in [3.05, 3.63) is 89.5 Å². The van der Waals surface area contributed by atoms with Crippen molar-refractivity contribution in [3.8, 4) is 5.75 Å². The summed E-state index contributed by atoms with van der Waals surface area (Å²) in [5.41, 5.74) is 5.22. The number of nitrogens with one attached hydrogen (secondary N) is 1. The van der Waals surface area contributed by atoms with Crippen LogP contribution < -0.4 is 14.5 Å². The molecule has 9 nitrogen and oxygen atoms in total. The van der Waals surface area contributed by atoms with E-state index in [4.69, 9.17) is 4.74 Å². The van der Waals surface area contributed by atoms with E-state index >= 15 is 0 Å². The smallest absolute Gasteiger partial charge is 0.264 e. The molecule has 1 aliphatic rings. The number of hydrogen-bond donors (Lipinski definition) is 1. The van der Waals surface area contributed by atoms with Crippen LogP contribution in [0.4, 0.5) is 5.69 Å². The predicted octanol–water partition coefficient (Wildman–Crippen LogP) is 4.04. The molecule has 2 amide bonds. The number of piperidine rings is 1. The molecule has 0 spiro atoms. The summed E-state index contributed by atoms with van der Waals surface area (Å²) in [5.74, 6) is -0.0492. The number of anilines is 1. The Morgan fingerprint density at radius 3 is 2.35 bits per heavy atom. The van der Waals surface area contributed by atoms with Crippen molar-refractivity contribution in [2.75, 3.05) is 30.5 Å². The maximum Gasteiger partial charge on any atom is 0.264 e. The molecule has 3 aromatic carbocycles. The molecule has 40 heavy (non-hydrogen) atoms. The average molecular weight is 563 g/mol. The standard InChI is InChI=1S/C30H34N4O5S/c1-23-10-9-13-28(24(23)2)34(40(37,38)27-11-5-3-6-12-27)21-29(35)32-31-20-25-14-16-26(17-15-25)39-22-30(36)33-18-7-4-8-19-33/h3,5-6,9-17,20H,4,7-8,18-19,21-22H2,1-2H3,(H,32,35)/b31-20-. The van der Waals surface area contributed by atoms with Crippen molar-refractivity contribution < 1.29 is 22.7 Å². The summed E-state index contributed by atoms with van der Waals surface area (Å²) >= 11 is 0. The number of carbonyl (C=O) groups excluding carboxylic acids is 2. The molecule has 210 valence electrons. The molecule has 0 bridgehead atoms. The molecule has 0 atom stereocenters. The monoisotopic (exact) mass is 562 g/mol. The Balaban J connectivity index is 1.38. The van der Waals surface area contributed by atoms with Crippen molar-refractivity contribution in [1.29, 1.82) is 0 Å². The summed E-state index contributed by atoms with van der Waals surface area (Å²) < 4.78 is 33.8. The number of rotatable bonds is 10. The lowest BCUT2D eigenvalue weighted by molar-refractivity contribution is -0.134. The molecule has 4 rings (SSSR count). The molecular weight excluding hydrogens is 528 g/mol. The third kappa shape index (κ3) is 7.26. The third-order valence-electron chi connectivity index (χ3n) is 6.82. The molecule has 3 aromatic rings. The van der Waals surface area contributed by atoms with E-state index in [2.05, 4.69) is 10.5 Å². The van der Waals surface area contributed by atoms with E-state index in [0.29, 0.717) is 17.0 Å². The highest BCUT2D eigenvalue weighted by Gasteiger charge is 2.28. The second-order valence-corrected chi connectivity index (χ2v) is 11.5. The highest BCUT2D eigenvalue weighted by molar-refractivity contribution is 7.92. The fourth-order valence-electron chi connectivity index (χ4n) is 4.40. The van der Waals surface area contributed by atoms with Crippen LogP contribution in [-0.2, 0) is 19.6 Å². The van der Waals surface area contributed by atoms with Crippen molar-refractivity contribution in [2.24, 2.45) is 5.10 Å². The van der Waals surface area contributed by atoms with E-state index < -0.39 is 22.5 Å². The summed E-state index contributed by atoms with van der Waals surface area (Å²) in [6.45, 7) is 4.82. The second kappa shape index (κ2) is 13.3. The first-order valence-corrected chi connectivity index (χ1v) is 14.7. The van der Waals surface area contributed by atoms with E-state index in [1.807, 2.05) is 24.8 Å². The average Bonchev–Trinajstić information content (AvgIpc) is 2.98. The first kappa shape index (κ1) is 28.8. The van der Waals surface area contributed by atoms with Crippen LogP contribution in [0.15, 0.2) is 82.8 Å². The Bertz CT molecular complexity index is 1450. The van der Waals surface area contributed by atoms with Crippen molar-refractivity contribution >= 4 is 33.7 Å². The van der Waals surface area contributed by atoms with Crippen LogP contribution in [-0.4, -0.2) is 57.6 Å². The van der Waals surface area contributed by atoms with Gasteiger partial charge in [-0.05, 0) is 92.3 Å². The second-order valence-electron chi connectivity index (χ2n) is 9.64. The lowest BCUT2D eigenvalue weighted by atomic mass is 10.1. The van der Waals surface area contributed by atoms with Crippen LogP contribution in [0.5, 0.6) is 5.75 Å². The minimum atomic E-state index is -4.01. The van der Waals surface area contributed by atoms with E-state index in [1.54, 1.807) is 54.6 Å². The van der Waals surface area contributed by atoms with Gasteiger partial charge in [-0.25, -0.2) is 13.8 Å². The lowest BCUT2D eigenvalue weighted by Gasteiger charge is -2.26. The van der Waals surface area contributed by atoms with Gasteiger partial charge in [0.25, 0.3) is 21.8 Å². The number of aryl methyl sites for hydroxylation is 1. The van der Waals surface area contributed by atoms with Gasteiger partial charge in [0.15, 0.2) is 6.61 Å². The number of hydrogen-bond acceptors (Lipinski definition) is 6. The quantitative estimate of drug-likeness (QED) is 0.296. The third-order valence-corrected chi connectivity index (χ3v) is 8.59. The van der Waals surface area contributed by atoms with E-state index in [1.165, 1.54) is 18.3 Å². The van der Waals surface area contributed by atoms with Gasteiger partial charge in [-0.1, -0.05) is 30.3 Å². The Hall–Kier alpha value is -4.18. The van der Waals surface area contributed by atoms with Gasteiger partial charge in [0.05, 0.1) is 16.8 Å². The highest BCUT2D eigenvalue weighted by Crippen LogP contribution is 2.28. The zero-order valence-corrected chi connectivity index (χ0v) is 23.6. The molecule has 0 saturated carbocycles. The zero-order valence-electron chi connectivity index (χ0n) is 22.7. The van der Waals surface area contributed by atoms with Crippen LogP contribution in [0.25, 0.3) is 0 Å². The topological polar surface area (TPSA) is 108 Å². The van der Waals surface area contributed by atoms with Gasteiger partial charge in [-0.2, -0.15) is 5.10 Å². The Morgan fingerprint density at radius 1 is 0.950 bits per heavy atom. The summed E-state index contributed by atoms with van der Waals surface area (Å²) in [6.07, 6.45) is 4.67. The minimum absolute atomic E-state index is 0.00764. The fraction of sp³-hybridized carbons (Fsp3) is 0.300. The molecule has 1 fully saturated rings. The van der Waals surface area contributed by atoms with Gasteiger partial charge in [0, 0.05) is 13.1 Å². The Kier molecular flexibility index (Phi) is 9.55. The van der Waals surface area contributed by atoms with E-state index in [0.717, 1.165) is 47.8 Å². The number of carbonyl (C=O) groups is 2. The highest BCUT2D eigenvalue weighted by atomic mass is 32.2. The molecular formula is C30H34N4O5S. The predicted molar refractivity (Wildman–Crippen MR) is 155 cm³/mol. The Labute approximate surface area is 235 Å². The van der Waals surface area contributed by atoms with Crippen LogP contribution in [0.2, 0.25) is 0 Å². The molecule has 1 heterocycles.